The zero-order valence-corrected chi connectivity index (χ0v) is 27.4. The van der Waals surface area contributed by atoms with E-state index in [-0.39, 0.29) is 18.9 Å². The molecule has 6 heteroatoms. The molecule has 0 heterocycles. The molecule has 6 nitrogen and oxygen atoms in total. The quantitative estimate of drug-likeness (QED) is 0.0443. The summed E-state index contributed by atoms with van der Waals surface area (Å²) in [4.78, 5) is 12.3. The summed E-state index contributed by atoms with van der Waals surface area (Å²) in [6, 6.07) is -0.759. The molecule has 248 valence electrons. The molecule has 0 radical (unpaired) electrons. The first-order chi connectivity index (χ1) is 21.0. The van der Waals surface area contributed by atoms with Gasteiger partial charge in [0, 0.05) is 6.42 Å². The summed E-state index contributed by atoms with van der Waals surface area (Å²) >= 11 is 0. The van der Waals surface area contributed by atoms with Crippen molar-refractivity contribution < 1.29 is 25.2 Å². The van der Waals surface area contributed by atoms with Gasteiger partial charge in [0.1, 0.15) is 0 Å². The lowest BCUT2D eigenvalue weighted by atomic mass is 10.0. The molecule has 0 unspecified atom stereocenters. The molecular formula is C37H65NO5. The van der Waals surface area contributed by atoms with Gasteiger partial charge >= 0.3 is 0 Å². The van der Waals surface area contributed by atoms with Crippen LogP contribution in [-0.2, 0) is 4.79 Å². The van der Waals surface area contributed by atoms with Crippen molar-refractivity contribution in [2.75, 3.05) is 6.61 Å². The summed E-state index contributed by atoms with van der Waals surface area (Å²) in [7, 11) is 0. The molecule has 0 aromatic rings. The van der Waals surface area contributed by atoms with Crippen molar-refractivity contribution in [3.63, 3.8) is 0 Å². The first kappa shape index (κ1) is 41.0. The van der Waals surface area contributed by atoms with Gasteiger partial charge < -0.3 is 25.7 Å². The molecule has 0 spiro atoms. The molecule has 0 aliphatic carbocycles. The van der Waals surface area contributed by atoms with E-state index in [1.165, 1.54) is 57.8 Å². The van der Waals surface area contributed by atoms with E-state index < -0.39 is 24.4 Å². The number of rotatable bonds is 29. The van der Waals surface area contributed by atoms with Crippen molar-refractivity contribution >= 4 is 5.91 Å². The topological polar surface area (TPSA) is 110 Å². The van der Waals surface area contributed by atoms with Crippen LogP contribution in [0.4, 0.5) is 0 Å². The summed E-state index contributed by atoms with van der Waals surface area (Å²) in [6.45, 7) is 4.01. The number of nitrogens with one attached hydrogen (secondary N) is 1. The zero-order valence-electron chi connectivity index (χ0n) is 27.4. The van der Waals surface area contributed by atoms with E-state index in [2.05, 4.69) is 55.6 Å². The van der Waals surface area contributed by atoms with Gasteiger partial charge in [0.15, 0.2) is 0 Å². The van der Waals surface area contributed by atoms with Crippen LogP contribution in [0.25, 0.3) is 0 Å². The molecule has 0 aromatic heterocycles. The second kappa shape index (κ2) is 31.4. The average molecular weight is 604 g/mol. The Morgan fingerprint density at radius 2 is 1.19 bits per heavy atom. The van der Waals surface area contributed by atoms with Gasteiger partial charge in [-0.1, -0.05) is 132 Å². The first-order valence-corrected chi connectivity index (χ1v) is 17.2. The van der Waals surface area contributed by atoms with E-state index in [9.17, 15) is 25.2 Å². The van der Waals surface area contributed by atoms with Gasteiger partial charge in [-0.15, -0.1) is 0 Å². The molecule has 0 saturated carbocycles. The molecular weight excluding hydrogens is 538 g/mol. The highest BCUT2D eigenvalue weighted by Crippen LogP contribution is 2.12. The average Bonchev–Trinajstić information content (AvgIpc) is 3.00. The molecule has 5 N–H and O–H groups in total. The number of allylic oxidation sites excluding steroid dienone is 8. The van der Waals surface area contributed by atoms with Gasteiger partial charge in [-0.05, 0) is 57.8 Å². The molecule has 1 amide bonds. The van der Waals surface area contributed by atoms with Crippen LogP contribution in [0.15, 0.2) is 60.8 Å². The smallest absolute Gasteiger partial charge is 0.220 e. The van der Waals surface area contributed by atoms with E-state index in [1.807, 2.05) is 18.2 Å². The Labute approximate surface area is 263 Å². The van der Waals surface area contributed by atoms with Crippen LogP contribution in [0.1, 0.15) is 136 Å². The molecule has 0 rings (SSSR count). The van der Waals surface area contributed by atoms with Crippen LogP contribution in [0, 0.1) is 0 Å². The second-order valence-corrected chi connectivity index (χ2v) is 11.5. The van der Waals surface area contributed by atoms with Crippen molar-refractivity contribution in [1.82, 2.24) is 5.32 Å². The van der Waals surface area contributed by atoms with Crippen LogP contribution in [-0.4, -0.2) is 57.3 Å². The molecule has 43 heavy (non-hydrogen) atoms. The highest BCUT2D eigenvalue weighted by atomic mass is 16.3. The van der Waals surface area contributed by atoms with Gasteiger partial charge in [-0.2, -0.15) is 0 Å². The SMILES string of the molecule is CC/C=C\C/C=C\C/C=C\C/C=C\C[C@@H](O)[C@H](O)CCCC(=O)N[C@@H](CO)[C@H](O)/C=C/CCCCCCCCCCCC. The van der Waals surface area contributed by atoms with Crippen molar-refractivity contribution in [2.24, 2.45) is 0 Å². The number of hydrogen-bond acceptors (Lipinski definition) is 5. The largest absolute Gasteiger partial charge is 0.394 e. The van der Waals surface area contributed by atoms with E-state index >= 15 is 0 Å². The maximum absolute atomic E-state index is 12.3. The highest BCUT2D eigenvalue weighted by Gasteiger charge is 2.19. The van der Waals surface area contributed by atoms with Crippen LogP contribution in [0.3, 0.4) is 0 Å². The fourth-order valence-corrected chi connectivity index (χ4v) is 4.67. The van der Waals surface area contributed by atoms with Crippen LogP contribution in [0.5, 0.6) is 0 Å². The Kier molecular flexibility index (Phi) is 30.0. The van der Waals surface area contributed by atoms with Crippen LogP contribution in [0.2, 0.25) is 0 Å². The summed E-state index contributed by atoms with van der Waals surface area (Å²) in [5.41, 5.74) is 0. The lowest BCUT2D eigenvalue weighted by Gasteiger charge is -2.20. The molecule has 0 fully saturated rings. The monoisotopic (exact) mass is 603 g/mol. The minimum absolute atomic E-state index is 0.152. The fraction of sp³-hybridized carbons (Fsp3) is 0.703. The van der Waals surface area contributed by atoms with Gasteiger partial charge in [0.2, 0.25) is 5.91 Å². The Hall–Kier alpha value is -1.99. The standard InChI is InChI=1S/C37H65NO5/c1-3-5-7-9-11-13-15-17-19-21-23-25-28-34(40)33(32-39)38-37(43)31-27-30-36(42)35(41)29-26-24-22-20-18-16-14-12-10-8-6-4-2/h6,8,12,14,18,20,24-26,28,33-36,39-42H,3-5,7,9-11,13,15-17,19,21-23,27,29-32H2,1-2H3,(H,38,43)/b8-6-,14-12-,20-18-,26-24-,28-25+/t33-,34+,35+,36+/m0/s1. The number of aliphatic hydroxyl groups excluding tert-OH is 4. The van der Waals surface area contributed by atoms with Gasteiger partial charge in [0.25, 0.3) is 0 Å². The molecule has 0 aliphatic heterocycles. The fourth-order valence-electron chi connectivity index (χ4n) is 4.67. The van der Waals surface area contributed by atoms with E-state index in [1.54, 1.807) is 6.08 Å². The lowest BCUT2D eigenvalue weighted by Crippen LogP contribution is -2.45. The molecule has 0 bridgehead atoms. The van der Waals surface area contributed by atoms with Crippen molar-refractivity contribution in [3.05, 3.63) is 60.8 Å². The molecule has 4 atom stereocenters. The van der Waals surface area contributed by atoms with E-state index in [4.69, 9.17) is 0 Å². The number of amides is 1. The van der Waals surface area contributed by atoms with Gasteiger partial charge in [-0.3, -0.25) is 4.79 Å². The van der Waals surface area contributed by atoms with Crippen molar-refractivity contribution in [3.8, 4) is 0 Å². The maximum atomic E-state index is 12.3. The third kappa shape index (κ3) is 27.3. The minimum Gasteiger partial charge on any atom is -0.394 e. The number of carbonyl (C=O) groups is 1. The first-order valence-electron chi connectivity index (χ1n) is 17.2. The lowest BCUT2D eigenvalue weighted by molar-refractivity contribution is -0.123. The summed E-state index contributed by atoms with van der Waals surface area (Å²) in [6.07, 6.45) is 36.1. The zero-order chi connectivity index (χ0) is 31.8. The third-order valence-electron chi connectivity index (χ3n) is 7.46. The van der Waals surface area contributed by atoms with Crippen LogP contribution < -0.4 is 5.32 Å². The predicted octanol–water partition coefficient (Wildman–Crippen LogP) is 7.78. The Balaban J connectivity index is 4.00. The van der Waals surface area contributed by atoms with Crippen LogP contribution >= 0.6 is 0 Å². The molecule has 0 aliphatic rings. The number of unbranched alkanes of at least 4 members (excludes halogenated alkanes) is 10. The number of carbonyl (C=O) groups excluding carboxylic acids is 1. The second-order valence-electron chi connectivity index (χ2n) is 11.5. The van der Waals surface area contributed by atoms with Gasteiger partial charge in [-0.25, -0.2) is 0 Å². The Bertz CT molecular complexity index is 773. The summed E-state index contributed by atoms with van der Waals surface area (Å²) < 4.78 is 0. The Morgan fingerprint density at radius 1 is 0.651 bits per heavy atom. The third-order valence-corrected chi connectivity index (χ3v) is 7.46. The predicted molar refractivity (Wildman–Crippen MR) is 182 cm³/mol. The Morgan fingerprint density at radius 3 is 1.74 bits per heavy atom. The summed E-state index contributed by atoms with van der Waals surface area (Å²) in [5.74, 6) is -0.290. The molecule has 0 saturated heterocycles. The van der Waals surface area contributed by atoms with E-state index in [0.717, 1.165) is 38.5 Å². The van der Waals surface area contributed by atoms with E-state index in [0.29, 0.717) is 19.3 Å². The number of aliphatic hydroxyl groups is 4. The van der Waals surface area contributed by atoms with Crippen molar-refractivity contribution in [2.45, 2.75) is 160 Å². The van der Waals surface area contributed by atoms with Gasteiger partial charge in [0.05, 0.1) is 31.0 Å². The normalized spacial score (nSPS) is 15.4. The maximum Gasteiger partial charge on any atom is 0.220 e. The summed E-state index contributed by atoms with van der Waals surface area (Å²) in [5, 5.41) is 43.1. The highest BCUT2D eigenvalue weighted by molar-refractivity contribution is 5.76. The minimum atomic E-state index is -0.949. The molecule has 0 aromatic carbocycles. The van der Waals surface area contributed by atoms with Crippen molar-refractivity contribution in [1.29, 1.82) is 0 Å². The number of hydrogen-bond donors (Lipinski definition) is 5.